The molecule has 112 valence electrons. The molecule has 1 atom stereocenters. The van der Waals surface area contributed by atoms with Crippen molar-refractivity contribution in [3.63, 3.8) is 0 Å². The second kappa shape index (κ2) is 6.97. The summed E-state index contributed by atoms with van der Waals surface area (Å²) >= 11 is 2.07. The van der Waals surface area contributed by atoms with Crippen LogP contribution in [-0.4, -0.2) is 40.1 Å². The number of aryl methyl sites for hydroxylation is 1. The average molecular weight is 293 g/mol. The maximum Gasteiger partial charge on any atom is 0.0802 e. The zero-order valence-corrected chi connectivity index (χ0v) is 13.7. The fraction of sp³-hybridized carbons (Fsp3) is 0.647. The van der Waals surface area contributed by atoms with Gasteiger partial charge in [0.25, 0.3) is 0 Å². The van der Waals surface area contributed by atoms with Gasteiger partial charge in [0, 0.05) is 23.6 Å². The highest BCUT2D eigenvalue weighted by molar-refractivity contribution is 8.00. The van der Waals surface area contributed by atoms with E-state index in [0.717, 1.165) is 31.6 Å². The quantitative estimate of drug-likeness (QED) is 0.917. The van der Waals surface area contributed by atoms with Crippen LogP contribution in [0, 0.1) is 6.92 Å². The van der Waals surface area contributed by atoms with E-state index in [1.807, 2.05) is 12.1 Å². The average Bonchev–Trinajstić information content (AvgIpc) is 2.57. The number of aliphatic hydroxyl groups excluding tert-OH is 1. The minimum absolute atomic E-state index is 0.334. The summed E-state index contributed by atoms with van der Waals surface area (Å²) in [6, 6.07) is 8.22. The maximum absolute atomic E-state index is 10.3. The van der Waals surface area contributed by atoms with E-state index >= 15 is 0 Å². The molecule has 1 saturated heterocycles. The summed E-state index contributed by atoms with van der Waals surface area (Å²) in [5.41, 5.74) is 2.27. The molecule has 2 rings (SSSR count). The van der Waals surface area contributed by atoms with Crippen molar-refractivity contribution in [1.82, 2.24) is 4.90 Å². The molecule has 20 heavy (non-hydrogen) atoms. The SMILES string of the molecule is Cc1cccc(C(O)CCN2CCSC(C)(C)CC2)c1. The van der Waals surface area contributed by atoms with Crippen LogP contribution in [0.25, 0.3) is 0 Å². The third-order valence-corrected chi connectivity index (χ3v) is 5.45. The molecule has 0 amide bonds. The lowest BCUT2D eigenvalue weighted by Crippen LogP contribution is -2.29. The van der Waals surface area contributed by atoms with E-state index in [0.29, 0.717) is 4.75 Å². The summed E-state index contributed by atoms with van der Waals surface area (Å²) in [7, 11) is 0. The summed E-state index contributed by atoms with van der Waals surface area (Å²) < 4.78 is 0.407. The Balaban J connectivity index is 1.83. The van der Waals surface area contributed by atoms with E-state index in [-0.39, 0.29) is 6.10 Å². The van der Waals surface area contributed by atoms with Crippen LogP contribution in [0.15, 0.2) is 24.3 Å². The van der Waals surface area contributed by atoms with E-state index in [1.54, 1.807) is 0 Å². The normalized spacial score (nSPS) is 21.4. The topological polar surface area (TPSA) is 23.5 Å². The third kappa shape index (κ3) is 4.80. The molecule has 0 aliphatic carbocycles. The molecule has 1 N–H and O–H groups in total. The summed E-state index contributed by atoms with van der Waals surface area (Å²) in [6.07, 6.45) is 1.73. The molecule has 1 heterocycles. The molecule has 0 saturated carbocycles. The molecule has 0 bridgehead atoms. The number of hydrogen-bond acceptors (Lipinski definition) is 3. The van der Waals surface area contributed by atoms with Crippen LogP contribution in [-0.2, 0) is 0 Å². The molecule has 0 radical (unpaired) electrons. The smallest absolute Gasteiger partial charge is 0.0802 e. The summed E-state index contributed by atoms with van der Waals surface area (Å²) in [6.45, 7) is 10.0. The summed E-state index contributed by atoms with van der Waals surface area (Å²) in [4.78, 5) is 2.50. The van der Waals surface area contributed by atoms with Gasteiger partial charge in [0.1, 0.15) is 0 Å². The van der Waals surface area contributed by atoms with Gasteiger partial charge in [-0.1, -0.05) is 43.7 Å². The minimum atomic E-state index is -0.334. The number of hydrogen-bond donors (Lipinski definition) is 1. The Morgan fingerprint density at radius 2 is 2.15 bits per heavy atom. The molecule has 1 aliphatic heterocycles. The Hall–Kier alpha value is -0.510. The van der Waals surface area contributed by atoms with Crippen LogP contribution in [0.3, 0.4) is 0 Å². The first-order chi connectivity index (χ1) is 9.46. The highest BCUT2D eigenvalue weighted by atomic mass is 32.2. The Morgan fingerprint density at radius 1 is 1.35 bits per heavy atom. The van der Waals surface area contributed by atoms with Crippen molar-refractivity contribution in [2.75, 3.05) is 25.4 Å². The first-order valence-corrected chi connectivity index (χ1v) is 8.56. The maximum atomic E-state index is 10.3. The third-order valence-electron chi connectivity index (χ3n) is 4.08. The van der Waals surface area contributed by atoms with Crippen LogP contribution < -0.4 is 0 Å². The predicted octanol–water partition coefficient (Wildman–Crippen LogP) is 3.64. The highest BCUT2D eigenvalue weighted by Gasteiger charge is 2.23. The molecule has 1 unspecified atom stereocenters. The number of nitrogens with zero attached hydrogens (tertiary/aromatic N) is 1. The van der Waals surface area contributed by atoms with Crippen LogP contribution >= 0.6 is 11.8 Å². The van der Waals surface area contributed by atoms with Crippen LogP contribution in [0.5, 0.6) is 0 Å². The molecule has 1 aromatic carbocycles. The molecule has 0 spiro atoms. The fourth-order valence-corrected chi connectivity index (χ4v) is 3.77. The van der Waals surface area contributed by atoms with Gasteiger partial charge in [0.05, 0.1) is 6.10 Å². The van der Waals surface area contributed by atoms with Gasteiger partial charge in [-0.15, -0.1) is 0 Å². The van der Waals surface area contributed by atoms with E-state index in [1.165, 1.54) is 17.7 Å². The molecule has 0 aromatic heterocycles. The zero-order chi connectivity index (χ0) is 14.6. The predicted molar refractivity (Wildman–Crippen MR) is 88.3 cm³/mol. The van der Waals surface area contributed by atoms with E-state index < -0.39 is 0 Å². The van der Waals surface area contributed by atoms with Gasteiger partial charge in [-0.3, -0.25) is 0 Å². The van der Waals surface area contributed by atoms with Crippen molar-refractivity contribution < 1.29 is 5.11 Å². The molecule has 1 aromatic rings. The van der Waals surface area contributed by atoms with Gasteiger partial charge < -0.3 is 10.0 Å². The van der Waals surface area contributed by atoms with Crippen LogP contribution in [0.2, 0.25) is 0 Å². The second-order valence-corrected chi connectivity index (χ2v) is 8.22. The zero-order valence-electron chi connectivity index (χ0n) is 12.9. The number of thioether (sulfide) groups is 1. The Labute approximate surface area is 127 Å². The van der Waals surface area contributed by atoms with E-state index in [4.69, 9.17) is 0 Å². The van der Waals surface area contributed by atoms with Crippen molar-refractivity contribution in [3.8, 4) is 0 Å². The monoisotopic (exact) mass is 293 g/mol. The standard InChI is InChI=1S/C17H27NOS/c1-14-5-4-6-15(13-14)16(19)7-9-18-10-8-17(2,3)20-12-11-18/h4-6,13,16,19H,7-12H2,1-3H3. The summed E-state index contributed by atoms with van der Waals surface area (Å²) in [5.74, 6) is 1.20. The lowest BCUT2D eigenvalue weighted by molar-refractivity contribution is 0.143. The van der Waals surface area contributed by atoms with Crippen LogP contribution in [0.4, 0.5) is 0 Å². The number of rotatable bonds is 4. The van der Waals surface area contributed by atoms with Gasteiger partial charge in [0.2, 0.25) is 0 Å². The Kier molecular flexibility index (Phi) is 5.53. The van der Waals surface area contributed by atoms with Crippen molar-refractivity contribution in [2.24, 2.45) is 0 Å². The van der Waals surface area contributed by atoms with Gasteiger partial charge in [-0.25, -0.2) is 0 Å². The summed E-state index contributed by atoms with van der Waals surface area (Å²) in [5, 5.41) is 10.3. The van der Waals surface area contributed by atoms with Crippen molar-refractivity contribution in [3.05, 3.63) is 35.4 Å². The lowest BCUT2D eigenvalue weighted by Gasteiger charge is -2.23. The molecular weight excluding hydrogens is 266 g/mol. The lowest BCUT2D eigenvalue weighted by atomic mass is 10.0. The molecular formula is C17H27NOS. The molecule has 1 aliphatic rings. The van der Waals surface area contributed by atoms with E-state index in [9.17, 15) is 5.11 Å². The van der Waals surface area contributed by atoms with Crippen molar-refractivity contribution in [2.45, 2.75) is 44.5 Å². The fourth-order valence-electron chi connectivity index (χ4n) is 2.63. The number of aliphatic hydroxyl groups is 1. The minimum Gasteiger partial charge on any atom is -0.388 e. The van der Waals surface area contributed by atoms with Crippen molar-refractivity contribution >= 4 is 11.8 Å². The van der Waals surface area contributed by atoms with Crippen LogP contribution in [0.1, 0.15) is 43.9 Å². The second-order valence-electron chi connectivity index (χ2n) is 6.42. The molecule has 1 fully saturated rings. The Morgan fingerprint density at radius 3 is 2.90 bits per heavy atom. The first kappa shape index (κ1) is 15.9. The van der Waals surface area contributed by atoms with Gasteiger partial charge in [-0.05, 0) is 31.9 Å². The van der Waals surface area contributed by atoms with Gasteiger partial charge >= 0.3 is 0 Å². The number of benzene rings is 1. The molecule has 3 heteroatoms. The first-order valence-electron chi connectivity index (χ1n) is 7.57. The van der Waals surface area contributed by atoms with E-state index in [2.05, 4.69) is 49.6 Å². The largest absolute Gasteiger partial charge is 0.388 e. The van der Waals surface area contributed by atoms with Gasteiger partial charge in [0.15, 0.2) is 0 Å². The Bertz CT molecular complexity index is 433. The van der Waals surface area contributed by atoms with Crippen molar-refractivity contribution in [1.29, 1.82) is 0 Å². The van der Waals surface area contributed by atoms with Gasteiger partial charge in [-0.2, -0.15) is 11.8 Å². The highest BCUT2D eigenvalue weighted by Crippen LogP contribution is 2.31. The molecule has 2 nitrogen and oxygen atoms in total.